The van der Waals surface area contributed by atoms with Crippen molar-refractivity contribution >= 4 is 17.6 Å². The van der Waals surface area contributed by atoms with Gasteiger partial charge < -0.3 is 19.5 Å². The number of benzene rings is 2. The third kappa shape index (κ3) is 4.33. The lowest BCUT2D eigenvalue weighted by Gasteiger charge is -2.14. The number of rotatable bonds is 7. The van der Waals surface area contributed by atoms with Gasteiger partial charge in [-0.1, -0.05) is 13.0 Å². The monoisotopic (exact) mass is 357 g/mol. The highest BCUT2D eigenvalue weighted by molar-refractivity contribution is 6.06. The Labute approximate surface area is 153 Å². The Balaban J connectivity index is 2.30. The Morgan fingerprint density at radius 2 is 1.69 bits per heavy atom. The van der Waals surface area contributed by atoms with E-state index < -0.39 is 5.97 Å². The van der Waals surface area contributed by atoms with Crippen LogP contribution in [0.3, 0.4) is 0 Å². The van der Waals surface area contributed by atoms with E-state index in [0.717, 1.165) is 5.56 Å². The second-order valence-electron chi connectivity index (χ2n) is 5.47. The van der Waals surface area contributed by atoms with Crippen molar-refractivity contribution in [3.05, 3.63) is 53.1 Å². The van der Waals surface area contributed by atoms with Crippen LogP contribution >= 0.6 is 0 Å². The Morgan fingerprint density at radius 1 is 1.00 bits per heavy atom. The Bertz CT molecular complexity index is 801. The minimum atomic E-state index is -0.427. The van der Waals surface area contributed by atoms with Crippen molar-refractivity contribution in [1.82, 2.24) is 0 Å². The average Bonchev–Trinajstić information content (AvgIpc) is 2.67. The molecule has 0 bridgehead atoms. The standard InChI is InChI=1S/C20H23NO5/c1-5-13-11-17(24-3)18(25-4)12-16(13)19(22)21-15-9-7-8-14(10-15)20(23)26-6-2/h7-12H,5-6H2,1-4H3,(H,21,22). The molecule has 0 radical (unpaired) electrons. The summed E-state index contributed by atoms with van der Waals surface area (Å²) >= 11 is 0. The SMILES string of the molecule is CCOC(=O)c1cccc(NC(=O)c2cc(OC)c(OC)cc2CC)c1. The number of hydrogen-bond donors (Lipinski definition) is 1. The molecule has 0 fully saturated rings. The smallest absolute Gasteiger partial charge is 0.338 e. The molecule has 6 heteroatoms. The molecule has 0 heterocycles. The second-order valence-corrected chi connectivity index (χ2v) is 5.47. The molecule has 1 amide bonds. The van der Waals surface area contributed by atoms with E-state index in [-0.39, 0.29) is 5.91 Å². The molecule has 0 spiro atoms. The van der Waals surface area contributed by atoms with Crippen LogP contribution in [0.4, 0.5) is 5.69 Å². The Kier molecular flexibility index (Phi) is 6.60. The summed E-state index contributed by atoms with van der Waals surface area (Å²) in [5.74, 6) is 0.341. The van der Waals surface area contributed by atoms with Crippen molar-refractivity contribution < 1.29 is 23.8 Å². The van der Waals surface area contributed by atoms with E-state index in [4.69, 9.17) is 14.2 Å². The molecule has 0 aromatic heterocycles. The predicted molar refractivity (Wildman–Crippen MR) is 99.3 cm³/mol. The molecular weight excluding hydrogens is 334 g/mol. The molecule has 2 aromatic rings. The summed E-state index contributed by atoms with van der Waals surface area (Å²) in [4.78, 5) is 24.6. The van der Waals surface area contributed by atoms with Crippen LogP contribution in [0.5, 0.6) is 11.5 Å². The van der Waals surface area contributed by atoms with Gasteiger partial charge in [0.1, 0.15) is 0 Å². The molecule has 2 aromatic carbocycles. The van der Waals surface area contributed by atoms with Gasteiger partial charge in [-0.3, -0.25) is 4.79 Å². The Morgan fingerprint density at radius 3 is 2.31 bits per heavy atom. The molecular formula is C20H23NO5. The van der Waals surface area contributed by atoms with Crippen LogP contribution in [0, 0.1) is 0 Å². The van der Waals surface area contributed by atoms with Gasteiger partial charge in [0, 0.05) is 11.3 Å². The van der Waals surface area contributed by atoms with Crippen molar-refractivity contribution in [3.8, 4) is 11.5 Å². The maximum atomic E-state index is 12.7. The highest BCUT2D eigenvalue weighted by Gasteiger charge is 2.17. The molecule has 0 unspecified atom stereocenters. The summed E-state index contributed by atoms with van der Waals surface area (Å²) in [6.45, 7) is 3.99. The lowest BCUT2D eigenvalue weighted by atomic mass is 10.0. The molecule has 6 nitrogen and oxygen atoms in total. The molecule has 0 aliphatic heterocycles. The highest BCUT2D eigenvalue weighted by atomic mass is 16.5. The molecule has 0 aliphatic carbocycles. The normalized spacial score (nSPS) is 10.2. The topological polar surface area (TPSA) is 73.9 Å². The van der Waals surface area contributed by atoms with Gasteiger partial charge in [-0.15, -0.1) is 0 Å². The lowest BCUT2D eigenvalue weighted by Crippen LogP contribution is -2.15. The first-order valence-corrected chi connectivity index (χ1v) is 8.37. The number of amides is 1. The fourth-order valence-electron chi connectivity index (χ4n) is 2.56. The maximum Gasteiger partial charge on any atom is 0.338 e. The molecule has 0 aliphatic rings. The number of anilines is 1. The van der Waals surface area contributed by atoms with Crippen LogP contribution in [-0.2, 0) is 11.2 Å². The predicted octanol–water partition coefficient (Wildman–Crippen LogP) is 3.70. The maximum absolute atomic E-state index is 12.7. The number of carbonyl (C=O) groups is 2. The number of aryl methyl sites for hydroxylation is 1. The van der Waals surface area contributed by atoms with Crippen LogP contribution in [0.25, 0.3) is 0 Å². The second kappa shape index (κ2) is 8.89. The third-order valence-electron chi connectivity index (χ3n) is 3.87. The summed E-state index contributed by atoms with van der Waals surface area (Å²) in [5.41, 5.74) is 2.22. The summed E-state index contributed by atoms with van der Waals surface area (Å²) in [5, 5.41) is 2.82. The first-order valence-electron chi connectivity index (χ1n) is 8.37. The van der Waals surface area contributed by atoms with Gasteiger partial charge >= 0.3 is 5.97 Å². The van der Waals surface area contributed by atoms with Crippen molar-refractivity contribution in [2.24, 2.45) is 0 Å². The highest BCUT2D eigenvalue weighted by Crippen LogP contribution is 2.31. The summed E-state index contributed by atoms with van der Waals surface area (Å²) in [6, 6.07) is 10.1. The van der Waals surface area contributed by atoms with Crippen LogP contribution < -0.4 is 14.8 Å². The van der Waals surface area contributed by atoms with Crippen molar-refractivity contribution in [1.29, 1.82) is 0 Å². The molecule has 138 valence electrons. The number of methoxy groups -OCH3 is 2. The van der Waals surface area contributed by atoms with Gasteiger partial charge in [-0.2, -0.15) is 0 Å². The summed E-state index contributed by atoms with van der Waals surface area (Å²) < 4.78 is 15.6. The quantitative estimate of drug-likeness (QED) is 0.765. The minimum absolute atomic E-state index is 0.288. The molecule has 2 rings (SSSR count). The fraction of sp³-hybridized carbons (Fsp3) is 0.300. The third-order valence-corrected chi connectivity index (χ3v) is 3.87. The van der Waals surface area contributed by atoms with Gasteiger partial charge in [0.25, 0.3) is 5.91 Å². The minimum Gasteiger partial charge on any atom is -0.493 e. The molecule has 0 saturated carbocycles. The number of esters is 1. The molecule has 1 N–H and O–H groups in total. The zero-order valence-corrected chi connectivity index (χ0v) is 15.4. The zero-order chi connectivity index (χ0) is 19.1. The van der Waals surface area contributed by atoms with Gasteiger partial charge in [0.15, 0.2) is 11.5 Å². The van der Waals surface area contributed by atoms with Gasteiger partial charge in [0.2, 0.25) is 0 Å². The van der Waals surface area contributed by atoms with E-state index in [1.807, 2.05) is 6.92 Å². The summed E-state index contributed by atoms with van der Waals surface area (Å²) in [6.07, 6.45) is 0.659. The number of carbonyl (C=O) groups excluding carboxylic acids is 2. The van der Waals surface area contributed by atoms with E-state index in [2.05, 4.69) is 5.32 Å². The largest absolute Gasteiger partial charge is 0.493 e. The number of nitrogens with one attached hydrogen (secondary N) is 1. The van der Waals surface area contributed by atoms with E-state index >= 15 is 0 Å². The van der Waals surface area contributed by atoms with E-state index in [9.17, 15) is 9.59 Å². The van der Waals surface area contributed by atoms with E-state index in [1.54, 1.807) is 50.4 Å². The zero-order valence-electron chi connectivity index (χ0n) is 15.4. The van der Waals surface area contributed by atoms with Gasteiger partial charge in [-0.25, -0.2) is 4.79 Å². The van der Waals surface area contributed by atoms with E-state index in [0.29, 0.717) is 41.3 Å². The van der Waals surface area contributed by atoms with Crippen LogP contribution in [0.2, 0.25) is 0 Å². The van der Waals surface area contributed by atoms with Crippen molar-refractivity contribution in [2.75, 3.05) is 26.1 Å². The average molecular weight is 357 g/mol. The number of ether oxygens (including phenoxy) is 3. The van der Waals surface area contributed by atoms with E-state index in [1.165, 1.54) is 7.11 Å². The first kappa shape index (κ1) is 19.3. The molecule has 0 saturated heterocycles. The summed E-state index contributed by atoms with van der Waals surface area (Å²) in [7, 11) is 3.08. The van der Waals surface area contributed by atoms with Crippen molar-refractivity contribution in [3.63, 3.8) is 0 Å². The van der Waals surface area contributed by atoms with Crippen LogP contribution in [0.1, 0.15) is 40.1 Å². The van der Waals surface area contributed by atoms with Crippen LogP contribution in [-0.4, -0.2) is 32.7 Å². The molecule has 26 heavy (non-hydrogen) atoms. The van der Waals surface area contributed by atoms with Crippen LogP contribution in [0.15, 0.2) is 36.4 Å². The number of hydrogen-bond acceptors (Lipinski definition) is 5. The molecule has 0 atom stereocenters. The van der Waals surface area contributed by atoms with Gasteiger partial charge in [-0.05, 0) is 49.2 Å². The Hall–Kier alpha value is -3.02. The van der Waals surface area contributed by atoms with Gasteiger partial charge in [0.05, 0.1) is 26.4 Å². The fourth-order valence-corrected chi connectivity index (χ4v) is 2.56. The lowest BCUT2D eigenvalue weighted by molar-refractivity contribution is 0.0526. The first-order chi connectivity index (χ1) is 12.5. The van der Waals surface area contributed by atoms with Crippen molar-refractivity contribution in [2.45, 2.75) is 20.3 Å².